The third kappa shape index (κ3) is 0.501. The van der Waals surface area contributed by atoms with Gasteiger partial charge in [-0.15, -0.1) is 0 Å². The molecule has 3 bridgehead atoms. The lowest BCUT2D eigenvalue weighted by atomic mass is 9.49. The molecule has 0 aromatic carbocycles. The minimum absolute atomic E-state index is 0.0706. The maximum atomic E-state index is 12.8. The fourth-order valence-electron chi connectivity index (χ4n) is 7.63. The predicted molar refractivity (Wildman–Crippen MR) is 68.0 cm³/mol. The largest absolute Gasteiger partial charge is 0.326 e. The standard InChI is InChI=1S/C15H18N2O2/c1-6-8-7(2)15-9(6)13(3)10(8)14(13,15)11(18)16(4)12(19)17(15)5/h7-10H,1H2,2-5H3. The Kier molecular flexibility index (Phi) is 1.18. The van der Waals surface area contributed by atoms with Crippen LogP contribution in [0.4, 0.5) is 4.79 Å². The Bertz CT molecular complexity index is 628. The molecular weight excluding hydrogens is 240 g/mol. The van der Waals surface area contributed by atoms with Crippen molar-refractivity contribution >= 4 is 11.9 Å². The fourth-order valence-corrected chi connectivity index (χ4v) is 7.63. The summed E-state index contributed by atoms with van der Waals surface area (Å²) in [5, 5.41) is 0. The van der Waals surface area contributed by atoms with E-state index >= 15 is 0 Å². The van der Waals surface area contributed by atoms with E-state index in [1.54, 1.807) is 7.05 Å². The lowest BCUT2D eigenvalue weighted by molar-refractivity contribution is -0.176. The number of amides is 3. The molecule has 5 saturated carbocycles. The van der Waals surface area contributed by atoms with Crippen molar-refractivity contribution in [3.05, 3.63) is 12.2 Å². The Hall–Kier alpha value is -1.32. The molecule has 6 aliphatic rings. The van der Waals surface area contributed by atoms with E-state index in [1.807, 2.05) is 11.9 Å². The van der Waals surface area contributed by atoms with Crippen LogP contribution in [0.25, 0.3) is 0 Å². The minimum Gasteiger partial charge on any atom is -0.320 e. The molecule has 1 heterocycles. The summed E-state index contributed by atoms with van der Waals surface area (Å²) in [4.78, 5) is 28.4. The van der Waals surface area contributed by atoms with Crippen LogP contribution in [0.2, 0.25) is 0 Å². The van der Waals surface area contributed by atoms with Crippen molar-refractivity contribution in [3.8, 4) is 0 Å². The van der Waals surface area contributed by atoms with Crippen LogP contribution in [0, 0.1) is 34.5 Å². The van der Waals surface area contributed by atoms with Gasteiger partial charge in [-0.1, -0.05) is 26.0 Å². The van der Waals surface area contributed by atoms with Gasteiger partial charge in [0.2, 0.25) is 5.91 Å². The molecule has 2 spiro atoms. The first-order valence-corrected chi connectivity index (χ1v) is 7.07. The Morgan fingerprint density at radius 2 is 1.89 bits per heavy atom. The first kappa shape index (κ1) is 10.5. The maximum Gasteiger partial charge on any atom is 0.326 e. The van der Waals surface area contributed by atoms with Crippen molar-refractivity contribution < 1.29 is 9.59 Å². The molecule has 4 heteroatoms. The third-order valence-electron chi connectivity index (χ3n) is 7.71. The number of hydrogen-bond donors (Lipinski definition) is 0. The number of hydrogen-bond acceptors (Lipinski definition) is 2. The molecule has 5 aliphatic carbocycles. The summed E-state index contributed by atoms with van der Waals surface area (Å²) in [6, 6.07) is -0.143. The van der Waals surface area contributed by atoms with Gasteiger partial charge in [-0.05, 0) is 23.2 Å². The van der Waals surface area contributed by atoms with Crippen molar-refractivity contribution in [2.45, 2.75) is 19.4 Å². The van der Waals surface area contributed by atoms with Crippen molar-refractivity contribution in [2.75, 3.05) is 14.1 Å². The van der Waals surface area contributed by atoms with Gasteiger partial charge in [0.25, 0.3) is 0 Å². The number of imide groups is 1. The Labute approximate surface area is 112 Å². The van der Waals surface area contributed by atoms with Crippen LogP contribution in [-0.2, 0) is 4.79 Å². The van der Waals surface area contributed by atoms with Crippen molar-refractivity contribution in [2.24, 2.45) is 34.5 Å². The van der Waals surface area contributed by atoms with Gasteiger partial charge in [0, 0.05) is 20.0 Å². The van der Waals surface area contributed by atoms with E-state index in [2.05, 4.69) is 20.4 Å². The number of urea groups is 1. The Balaban J connectivity index is 1.84. The molecular formula is C15H18N2O2. The molecule has 19 heavy (non-hydrogen) atoms. The number of carbonyl (C=O) groups excluding carboxylic acids is 2. The Morgan fingerprint density at radius 1 is 1.26 bits per heavy atom. The van der Waals surface area contributed by atoms with Gasteiger partial charge in [0.15, 0.2) is 0 Å². The molecule has 100 valence electrons. The van der Waals surface area contributed by atoms with E-state index in [9.17, 15) is 9.59 Å². The lowest BCUT2D eigenvalue weighted by Crippen LogP contribution is -2.79. The zero-order valence-electron chi connectivity index (χ0n) is 11.7. The molecule has 3 amide bonds. The van der Waals surface area contributed by atoms with Crippen LogP contribution in [0.3, 0.4) is 0 Å². The van der Waals surface area contributed by atoms with Gasteiger partial charge < -0.3 is 4.90 Å². The highest BCUT2D eigenvalue weighted by Gasteiger charge is 3.09. The summed E-state index contributed by atoms with van der Waals surface area (Å²) in [5.74, 6) is 1.67. The maximum absolute atomic E-state index is 12.8. The zero-order chi connectivity index (χ0) is 13.7. The van der Waals surface area contributed by atoms with Crippen LogP contribution in [0.5, 0.6) is 0 Å². The Morgan fingerprint density at radius 3 is 2.53 bits per heavy atom. The molecule has 7 unspecified atom stereocenters. The summed E-state index contributed by atoms with van der Waals surface area (Å²) < 4.78 is 0. The summed E-state index contributed by atoms with van der Waals surface area (Å²) >= 11 is 0. The van der Waals surface area contributed by atoms with Crippen LogP contribution in [0.15, 0.2) is 12.2 Å². The molecule has 0 N–H and O–H groups in total. The highest BCUT2D eigenvalue weighted by molar-refractivity contribution is 6.08. The summed E-state index contributed by atoms with van der Waals surface area (Å²) in [7, 11) is 3.51. The number of carbonyl (C=O) groups is 2. The van der Waals surface area contributed by atoms with E-state index in [0.29, 0.717) is 23.7 Å². The smallest absolute Gasteiger partial charge is 0.320 e. The molecule has 0 radical (unpaired) electrons. The third-order valence-corrected chi connectivity index (χ3v) is 7.71. The molecule has 6 fully saturated rings. The molecule has 1 aliphatic heterocycles. The van der Waals surface area contributed by atoms with Crippen molar-refractivity contribution in [3.63, 3.8) is 0 Å². The van der Waals surface area contributed by atoms with Crippen molar-refractivity contribution in [1.29, 1.82) is 0 Å². The molecule has 0 aromatic rings. The average molecular weight is 258 g/mol. The van der Waals surface area contributed by atoms with E-state index in [-0.39, 0.29) is 28.3 Å². The molecule has 1 saturated heterocycles. The van der Waals surface area contributed by atoms with Crippen molar-refractivity contribution in [1.82, 2.24) is 9.80 Å². The molecule has 4 nitrogen and oxygen atoms in total. The molecule has 7 atom stereocenters. The van der Waals surface area contributed by atoms with Crippen LogP contribution in [-0.4, -0.2) is 41.4 Å². The zero-order valence-corrected chi connectivity index (χ0v) is 11.7. The van der Waals surface area contributed by atoms with Gasteiger partial charge in [-0.25, -0.2) is 4.79 Å². The second-order valence-corrected chi connectivity index (χ2v) is 7.42. The van der Waals surface area contributed by atoms with E-state index in [4.69, 9.17) is 0 Å². The van der Waals surface area contributed by atoms with Gasteiger partial charge in [-0.3, -0.25) is 9.69 Å². The predicted octanol–water partition coefficient (Wildman–Crippen LogP) is 1.34. The van der Waals surface area contributed by atoms with Gasteiger partial charge in [0.1, 0.15) is 0 Å². The topological polar surface area (TPSA) is 40.6 Å². The fraction of sp³-hybridized carbons (Fsp3) is 0.733. The van der Waals surface area contributed by atoms with E-state index in [1.165, 1.54) is 10.5 Å². The van der Waals surface area contributed by atoms with Crippen LogP contribution in [0.1, 0.15) is 13.8 Å². The second-order valence-electron chi connectivity index (χ2n) is 7.42. The molecule has 6 rings (SSSR count). The first-order valence-electron chi connectivity index (χ1n) is 7.07. The van der Waals surface area contributed by atoms with Crippen LogP contribution >= 0.6 is 0 Å². The van der Waals surface area contributed by atoms with Gasteiger partial charge in [-0.2, -0.15) is 0 Å². The summed E-state index contributed by atoms with van der Waals surface area (Å²) in [6.07, 6.45) is 0. The SMILES string of the molecule is C=C1C2C(C)C34C1C1(C)C2C13C(=O)N(C)C(=O)N4C. The number of rotatable bonds is 0. The van der Waals surface area contributed by atoms with E-state index in [0.717, 1.165) is 0 Å². The molecule has 0 aromatic heterocycles. The van der Waals surface area contributed by atoms with Gasteiger partial charge >= 0.3 is 6.03 Å². The minimum atomic E-state index is -0.284. The summed E-state index contributed by atoms with van der Waals surface area (Å²) in [5.41, 5.74) is 0.850. The monoisotopic (exact) mass is 258 g/mol. The lowest BCUT2D eigenvalue weighted by Gasteiger charge is -2.64. The number of nitrogens with zero attached hydrogens (tertiary/aromatic N) is 2. The van der Waals surface area contributed by atoms with Gasteiger partial charge in [0.05, 0.1) is 11.0 Å². The quantitative estimate of drug-likeness (QED) is 0.615. The highest BCUT2D eigenvalue weighted by Crippen LogP contribution is 3.04. The second kappa shape index (κ2) is 2.15. The normalized spacial score (nSPS) is 63.5. The first-order chi connectivity index (χ1) is 8.82. The average Bonchev–Trinajstić information content (AvgIpc) is 2.56. The summed E-state index contributed by atoms with van der Waals surface area (Å²) in [6.45, 7) is 8.75. The van der Waals surface area contributed by atoms with Crippen LogP contribution < -0.4 is 0 Å². The highest BCUT2D eigenvalue weighted by atomic mass is 16.2. The van der Waals surface area contributed by atoms with E-state index < -0.39 is 0 Å².